The number of ether oxygens (including phenoxy) is 3. The SMILES string of the molecule is CCCCCCCCCCCCCC(=O)OC(COCCCCCCCCCCCC)COP(=O)(O)OP(=O)(O)OC[C@H]1OC(n2ccc(N)nc2=O)[C@@H](O)[C@@H]1O. The third-order valence-electron chi connectivity index (χ3n) is 9.72. The molecule has 1 aliphatic rings. The van der Waals surface area contributed by atoms with Gasteiger partial charge in [-0.05, 0) is 18.9 Å². The Labute approximate surface area is 338 Å². The maximum absolute atomic E-state index is 12.7. The molecule has 1 aromatic rings. The fraction of sp³-hybridized carbons (Fsp3) is 0.868. The van der Waals surface area contributed by atoms with Crippen LogP contribution in [0.4, 0.5) is 5.82 Å². The van der Waals surface area contributed by atoms with Crippen LogP contribution in [0.1, 0.15) is 161 Å². The molecular weight excluding hydrogens is 784 g/mol. The Morgan fingerprint density at radius 3 is 1.84 bits per heavy atom. The van der Waals surface area contributed by atoms with Gasteiger partial charge in [0.15, 0.2) is 6.23 Å². The van der Waals surface area contributed by atoms with Crippen molar-refractivity contribution in [2.45, 2.75) is 186 Å². The van der Waals surface area contributed by atoms with Crippen molar-refractivity contribution in [3.8, 4) is 0 Å². The van der Waals surface area contributed by atoms with Crippen LogP contribution in [0.3, 0.4) is 0 Å². The smallest absolute Gasteiger partial charge is 0.457 e. The average Bonchev–Trinajstić information content (AvgIpc) is 3.43. The summed E-state index contributed by atoms with van der Waals surface area (Å²) in [6.45, 7) is 3.07. The molecule has 0 saturated carbocycles. The highest BCUT2D eigenvalue weighted by Crippen LogP contribution is 2.60. The van der Waals surface area contributed by atoms with Crippen LogP contribution >= 0.6 is 15.6 Å². The highest BCUT2D eigenvalue weighted by molar-refractivity contribution is 7.61. The van der Waals surface area contributed by atoms with Gasteiger partial charge in [0.25, 0.3) is 0 Å². The van der Waals surface area contributed by atoms with Gasteiger partial charge in [0, 0.05) is 19.2 Å². The standard InChI is InChI=1S/C38H71N3O14P2/c1-3-5-7-9-11-13-15-16-18-20-22-24-34(42)53-31(28-50-27-23-21-19-17-14-12-10-8-6-4-2)29-51-56(46,47)55-57(48,49)52-30-32-35(43)36(44)37(54-32)41-26-25-33(39)40-38(41)45/h25-26,31-32,35-37,43-44H,3-24,27-30H2,1-2H3,(H,46,47)(H,48,49)(H2,39,40,45)/t31?,32-,35-,36+,37?/m1/s1. The number of hydrogen-bond acceptors (Lipinski definition) is 14. The van der Waals surface area contributed by atoms with Gasteiger partial charge in [0.05, 0.1) is 19.8 Å². The zero-order valence-corrected chi connectivity index (χ0v) is 36.0. The lowest BCUT2D eigenvalue weighted by molar-refractivity contribution is -0.154. The first-order chi connectivity index (χ1) is 27.3. The van der Waals surface area contributed by atoms with Gasteiger partial charge in [0.2, 0.25) is 0 Å². The number of esters is 1. The summed E-state index contributed by atoms with van der Waals surface area (Å²) in [7, 11) is -10.6. The van der Waals surface area contributed by atoms with Crippen molar-refractivity contribution < 1.29 is 61.5 Å². The molecule has 0 aromatic carbocycles. The van der Waals surface area contributed by atoms with Crippen LogP contribution in [0.5, 0.6) is 0 Å². The number of hydrogen-bond donors (Lipinski definition) is 5. The lowest BCUT2D eigenvalue weighted by Gasteiger charge is -2.21. The molecule has 0 amide bonds. The third kappa shape index (κ3) is 23.0. The molecule has 0 bridgehead atoms. The van der Waals surface area contributed by atoms with E-state index in [-0.39, 0.29) is 18.8 Å². The number of aromatic nitrogens is 2. The summed E-state index contributed by atoms with van der Waals surface area (Å²) >= 11 is 0. The molecule has 1 aliphatic heterocycles. The maximum Gasteiger partial charge on any atom is 0.481 e. The number of nitrogens with zero attached hydrogens (tertiary/aromatic N) is 2. The largest absolute Gasteiger partial charge is 0.481 e. The normalized spacial score (nSPS) is 20.9. The summed E-state index contributed by atoms with van der Waals surface area (Å²) in [6, 6.07) is 1.26. The molecular formula is C38H71N3O14P2. The minimum Gasteiger partial charge on any atom is -0.457 e. The summed E-state index contributed by atoms with van der Waals surface area (Å²) in [5, 5.41) is 20.8. The number of unbranched alkanes of at least 4 members (excludes halogenated alkanes) is 19. The molecule has 6 N–H and O–H groups in total. The minimum absolute atomic E-state index is 0.0841. The summed E-state index contributed by atoms with van der Waals surface area (Å²) < 4.78 is 57.1. The predicted molar refractivity (Wildman–Crippen MR) is 215 cm³/mol. The van der Waals surface area contributed by atoms with E-state index >= 15 is 0 Å². The first-order valence-corrected chi connectivity index (χ1v) is 24.1. The Kier molecular flexibility index (Phi) is 26.6. The van der Waals surface area contributed by atoms with E-state index in [1.165, 1.54) is 95.7 Å². The van der Waals surface area contributed by atoms with Gasteiger partial charge < -0.3 is 39.9 Å². The monoisotopic (exact) mass is 855 g/mol. The van der Waals surface area contributed by atoms with Gasteiger partial charge in [-0.1, -0.05) is 136 Å². The van der Waals surface area contributed by atoms with Gasteiger partial charge in [-0.3, -0.25) is 18.4 Å². The molecule has 1 saturated heterocycles. The number of aliphatic hydroxyl groups excluding tert-OH is 2. The van der Waals surface area contributed by atoms with Gasteiger partial charge in [-0.15, -0.1) is 0 Å². The second kappa shape index (κ2) is 29.5. The Morgan fingerprint density at radius 2 is 1.30 bits per heavy atom. The first kappa shape index (κ1) is 51.4. The molecule has 1 fully saturated rings. The van der Waals surface area contributed by atoms with Gasteiger partial charge in [-0.2, -0.15) is 9.29 Å². The highest BCUT2D eigenvalue weighted by atomic mass is 31.3. The van der Waals surface area contributed by atoms with Crippen molar-refractivity contribution in [1.82, 2.24) is 9.55 Å². The quantitative estimate of drug-likeness (QED) is 0.0256. The van der Waals surface area contributed by atoms with Crippen LogP contribution < -0.4 is 11.4 Å². The van der Waals surface area contributed by atoms with E-state index in [1.807, 2.05) is 0 Å². The third-order valence-corrected chi connectivity index (χ3v) is 12.3. The van der Waals surface area contributed by atoms with E-state index in [0.717, 1.165) is 49.5 Å². The summed E-state index contributed by atoms with van der Waals surface area (Å²) in [6.07, 6.45) is 17.8. The Balaban J connectivity index is 1.82. The second-order valence-electron chi connectivity index (χ2n) is 14.9. The number of phosphoric acid groups is 2. The van der Waals surface area contributed by atoms with Crippen LogP contribution in [0.2, 0.25) is 0 Å². The molecule has 332 valence electrons. The molecule has 57 heavy (non-hydrogen) atoms. The molecule has 4 unspecified atom stereocenters. The van der Waals surface area contributed by atoms with Gasteiger partial charge in [-0.25, -0.2) is 13.9 Å². The minimum atomic E-state index is -5.34. The summed E-state index contributed by atoms with van der Waals surface area (Å²) in [5.41, 5.74) is 4.60. The Hall–Kier alpha value is -1.75. The van der Waals surface area contributed by atoms with Crippen molar-refractivity contribution in [2.24, 2.45) is 0 Å². The molecule has 0 radical (unpaired) electrons. The van der Waals surface area contributed by atoms with Crippen molar-refractivity contribution in [3.05, 3.63) is 22.7 Å². The number of rotatable bonds is 35. The van der Waals surface area contributed by atoms with Crippen LogP contribution in [0.25, 0.3) is 0 Å². The Bertz CT molecular complexity index is 1390. The lowest BCUT2D eigenvalue weighted by atomic mass is 10.1. The number of phosphoric ester groups is 2. The van der Waals surface area contributed by atoms with E-state index in [9.17, 15) is 38.7 Å². The zero-order valence-electron chi connectivity index (χ0n) is 34.2. The highest BCUT2D eigenvalue weighted by Gasteiger charge is 2.46. The molecule has 1 aromatic heterocycles. The number of nitrogens with two attached hydrogens (primary N) is 1. The number of aliphatic hydroxyl groups is 2. The van der Waals surface area contributed by atoms with Crippen molar-refractivity contribution in [1.29, 1.82) is 0 Å². The van der Waals surface area contributed by atoms with E-state index in [1.54, 1.807) is 0 Å². The second-order valence-corrected chi connectivity index (χ2v) is 17.9. The fourth-order valence-electron chi connectivity index (χ4n) is 6.44. The van der Waals surface area contributed by atoms with Crippen LogP contribution in [0, 0.1) is 0 Å². The predicted octanol–water partition coefficient (Wildman–Crippen LogP) is 7.25. The van der Waals surface area contributed by atoms with Crippen LogP contribution in [0.15, 0.2) is 17.1 Å². The molecule has 2 rings (SSSR count). The van der Waals surface area contributed by atoms with E-state index in [2.05, 4.69) is 23.1 Å². The van der Waals surface area contributed by atoms with Crippen LogP contribution in [-0.4, -0.2) is 86.4 Å². The topological polar surface area (TPSA) is 248 Å². The first-order valence-electron chi connectivity index (χ1n) is 21.1. The molecule has 0 aliphatic carbocycles. The van der Waals surface area contributed by atoms with Crippen molar-refractivity contribution in [3.63, 3.8) is 0 Å². The van der Waals surface area contributed by atoms with Gasteiger partial charge in [0.1, 0.15) is 30.2 Å². The zero-order chi connectivity index (χ0) is 41.9. The summed E-state index contributed by atoms with van der Waals surface area (Å²) in [5.74, 6) is -0.612. The van der Waals surface area contributed by atoms with Crippen LogP contribution in [-0.2, 0) is 41.5 Å². The molecule has 7 atom stereocenters. The van der Waals surface area contributed by atoms with E-state index in [0.29, 0.717) is 13.0 Å². The number of anilines is 1. The van der Waals surface area contributed by atoms with Crippen molar-refractivity contribution >= 4 is 27.4 Å². The average molecular weight is 856 g/mol. The van der Waals surface area contributed by atoms with Gasteiger partial charge >= 0.3 is 27.3 Å². The number of carbonyl (C=O) groups excluding carboxylic acids is 1. The van der Waals surface area contributed by atoms with E-state index < -0.39 is 71.2 Å². The van der Waals surface area contributed by atoms with E-state index in [4.69, 9.17) is 29.0 Å². The fourth-order valence-corrected chi connectivity index (χ4v) is 8.55. The van der Waals surface area contributed by atoms with Crippen molar-refractivity contribution in [2.75, 3.05) is 32.2 Å². The maximum atomic E-state index is 12.7. The molecule has 17 nitrogen and oxygen atoms in total. The molecule has 2 heterocycles. The Morgan fingerprint density at radius 1 is 0.789 bits per heavy atom. The number of carbonyl (C=O) groups is 1. The number of nitrogen functional groups attached to an aromatic ring is 1. The molecule has 19 heteroatoms. The summed E-state index contributed by atoms with van der Waals surface area (Å²) in [4.78, 5) is 48.9. The lowest BCUT2D eigenvalue weighted by Crippen LogP contribution is -2.36. The molecule has 0 spiro atoms.